The van der Waals surface area contributed by atoms with Crippen molar-refractivity contribution >= 4 is 11.0 Å². The van der Waals surface area contributed by atoms with E-state index in [9.17, 15) is 0 Å². The molecule has 0 aliphatic rings. The van der Waals surface area contributed by atoms with E-state index in [0.29, 0.717) is 5.76 Å². The van der Waals surface area contributed by atoms with Gasteiger partial charge in [-0.15, -0.1) is 6.42 Å². The first-order valence-electron chi connectivity index (χ1n) is 4.26. The van der Waals surface area contributed by atoms with Crippen LogP contribution in [0.1, 0.15) is 11.8 Å². The Morgan fingerprint density at radius 1 is 1.43 bits per heavy atom. The summed E-state index contributed by atoms with van der Waals surface area (Å²) in [5.74, 6) is 8.45. The maximum Gasteiger partial charge on any atom is 0.139 e. The van der Waals surface area contributed by atoms with Gasteiger partial charge in [-0.3, -0.25) is 5.84 Å². The maximum absolute atomic E-state index is 5.53. The van der Waals surface area contributed by atoms with Gasteiger partial charge in [-0.1, -0.05) is 24.1 Å². The van der Waals surface area contributed by atoms with E-state index in [-0.39, 0.29) is 6.04 Å². The summed E-state index contributed by atoms with van der Waals surface area (Å²) in [6.45, 7) is 0. The second-order valence-corrected chi connectivity index (χ2v) is 2.95. The van der Waals surface area contributed by atoms with Gasteiger partial charge in [0.2, 0.25) is 0 Å². The van der Waals surface area contributed by atoms with Crippen LogP contribution < -0.4 is 11.3 Å². The molecular weight excluding hydrogens is 176 g/mol. The van der Waals surface area contributed by atoms with Crippen molar-refractivity contribution < 1.29 is 4.42 Å². The van der Waals surface area contributed by atoms with Crippen LogP contribution in [0.4, 0.5) is 0 Å². The van der Waals surface area contributed by atoms with E-state index in [1.54, 1.807) is 0 Å². The van der Waals surface area contributed by atoms with Gasteiger partial charge in [-0.2, -0.15) is 0 Å². The van der Waals surface area contributed by atoms with Crippen molar-refractivity contribution in [1.29, 1.82) is 0 Å². The number of hydrazine groups is 1. The highest BCUT2D eigenvalue weighted by Gasteiger charge is 2.11. The first kappa shape index (κ1) is 8.82. The number of rotatable bonds is 2. The average Bonchev–Trinajstić information content (AvgIpc) is 2.63. The molecule has 3 N–H and O–H groups in total. The van der Waals surface area contributed by atoms with E-state index in [1.807, 2.05) is 30.3 Å². The SMILES string of the molecule is C#CC(NN)c1cc2ccccc2o1. The van der Waals surface area contributed by atoms with E-state index in [1.165, 1.54) is 0 Å². The number of furan rings is 1. The largest absolute Gasteiger partial charge is 0.458 e. The van der Waals surface area contributed by atoms with Gasteiger partial charge in [-0.25, -0.2) is 5.43 Å². The molecule has 0 fully saturated rings. The van der Waals surface area contributed by atoms with Crippen molar-refractivity contribution in [3.8, 4) is 12.3 Å². The number of para-hydroxylation sites is 1. The Hall–Kier alpha value is -1.76. The van der Waals surface area contributed by atoms with Crippen LogP contribution in [0.3, 0.4) is 0 Å². The zero-order chi connectivity index (χ0) is 9.97. The van der Waals surface area contributed by atoms with Crippen molar-refractivity contribution in [3.63, 3.8) is 0 Å². The Morgan fingerprint density at radius 2 is 2.21 bits per heavy atom. The standard InChI is InChI=1S/C11H10N2O/c1-2-9(13-12)11-7-8-5-3-4-6-10(8)14-11/h1,3-7,9,13H,12H2. The summed E-state index contributed by atoms with van der Waals surface area (Å²) >= 11 is 0. The highest BCUT2D eigenvalue weighted by molar-refractivity contribution is 5.77. The molecule has 1 aromatic carbocycles. The third-order valence-corrected chi connectivity index (χ3v) is 2.06. The van der Waals surface area contributed by atoms with Crippen LogP contribution in [0.25, 0.3) is 11.0 Å². The van der Waals surface area contributed by atoms with Crippen LogP contribution in [-0.4, -0.2) is 0 Å². The Labute approximate surface area is 81.9 Å². The summed E-state index contributed by atoms with van der Waals surface area (Å²) in [6.07, 6.45) is 5.28. The Bertz CT molecular complexity index is 448. The lowest BCUT2D eigenvalue weighted by Gasteiger charge is -2.03. The van der Waals surface area contributed by atoms with Crippen LogP contribution in [0, 0.1) is 12.3 Å². The normalized spacial score (nSPS) is 12.6. The van der Waals surface area contributed by atoms with Crippen molar-refractivity contribution in [2.24, 2.45) is 5.84 Å². The summed E-state index contributed by atoms with van der Waals surface area (Å²) in [5.41, 5.74) is 3.32. The lowest BCUT2D eigenvalue weighted by atomic mass is 10.2. The van der Waals surface area contributed by atoms with Gasteiger partial charge < -0.3 is 4.42 Å². The molecule has 3 nitrogen and oxygen atoms in total. The van der Waals surface area contributed by atoms with Crippen LogP contribution in [0.2, 0.25) is 0 Å². The van der Waals surface area contributed by atoms with Crippen molar-refractivity contribution in [3.05, 3.63) is 36.1 Å². The van der Waals surface area contributed by atoms with Crippen molar-refractivity contribution in [2.45, 2.75) is 6.04 Å². The summed E-state index contributed by atoms with van der Waals surface area (Å²) in [7, 11) is 0. The number of hydrogen-bond acceptors (Lipinski definition) is 3. The summed E-state index contributed by atoms with van der Waals surface area (Å²) in [5, 5.41) is 1.03. The third kappa shape index (κ3) is 1.37. The fourth-order valence-electron chi connectivity index (χ4n) is 1.36. The Morgan fingerprint density at radius 3 is 2.86 bits per heavy atom. The minimum absolute atomic E-state index is 0.373. The van der Waals surface area contributed by atoms with E-state index in [0.717, 1.165) is 11.0 Å². The second kappa shape index (κ2) is 3.54. The topological polar surface area (TPSA) is 51.2 Å². The lowest BCUT2D eigenvalue weighted by molar-refractivity contribution is 0.493. The van der Waals surface area contributed by atoms with Gasteiger partial charge in [0.15, 0.2) is 0 Å². The third-order valence-electron chi connectivity index (χ3n) is 2.06. The minimum Gasteiger partial charge on any atom is -0.458 e. The Kier molecular flexibility index (Phi) is 2.23. The fourth-order valence-corrected chi connectivity index (χ4v) is 1.36. The van der Waals surface area contributed by atoms with Crippen LogP contribution in [0.5, 0.6) is 0 Å². The highest BCUT2D eigenvalue weighted by Crippen LogP contribution is 2.22. The molecule has 70 valence electrons. The molecule has 3 heteroatoms. The fraction of sp³-hybridized carbons (Fsp3) is 0.0909. The molecule has 2 rings (SSSR count). The molecule has 1 atom stereocenters. The zero-order valence-electron chi connectivity index (χ0n) is 7.53. The number of hydrogen-bond donors (Lipinski definition) is 2. The predicted octanol–water partition coefficient (Wildman–Crippen LogP) is 1.57. The molecule has 0 amide bonds. The summed E-state index contributed by atoms with van der Waals surface area (Å²) < 4.78 is 5.53. The lowest BCUT2D eigenvalue weighted by Crippen LogP contribution is -2.26. The molecule has 0 bridgehead atoms. The number of nitrogens with two attached hydrogens (primary N) is 1. The van der Waals surface area contributed by atoms with Gasteiger partial charge in [0.05, 0.1) is 0 Å². The molecule has 0 spiro atoms. The molecule has 0 radical (unpaired) electrons. The quantitative estimate of drug-likeness (QED) is 0.425. The summed E-state index contributed by atoms with van der Waals surface area (Å²) in [4.78, 5) is 0. The van der Waals surface area contributed by atoms with Crippen molar-refractivity contribution in [1.82, 2.24) is 5.43 Å². The van der Waals surface area contributed by atoms with Crippen LogP contribution in [0.15, 0.2) is 34.7 Å². The molecule has 1 heterocycles. The highest BCUT2D eigenvalue weighted by atomic mass is 16.3. The van der Waals surface area contributed by atoms with Crippen LogP contribution in [-0.2, 0) is 0 Å². The molecule has 14 heavy (non-hydrogen) atoms. The molecule has 0 aliphatic heterocycles. The maximum atomic E-state index is 5.53. The number of benzene rings is 1. The molecule has 1 unspecified atom stereocenters. The molecule has 2 aromatic rings. The molecule has 1 aromatic heterocycles. The van der Waals surface area contributed by atoms with Gasteiger partial charge in [0.25, 0.3) is 0 Å². The van der Waals surface area contributed by atoms with Crippen molar-refractivity contribution in [2.75, 3.05) is 0 Å². The smallest absolute Gasteiger partial charge is 0.139 e. The molecular formula is C11H10N2O. The number of fused-ring (bicyclic) bond motifs is 1. The molecule has 0 saturated heterocycles. The average molecular weight is 186 g/mol. The van der Waals surface area contributed by atoms with Gasteiger partial charge in [0, 0.05) is 5.39 Å². The Balaban J connectivity index is 2.50. The zero-order valence-corrected chi connectivity index (χ0v) is 7.53. The minimum atomic E-state index is -0.373. The van der Waals surface area contributed by atoms with E-state index >= 15 is 0 Å². The molecule has 0 saturated carbocycles. The van der Waals surface area contributed by atoms with Crippen LogP contribution >= 0.6 is 0 Å². The first-order chi connectivity index (χ1) is 6.85. The second-order valence-electron chi connectivity index (χ2n) is 2.95. The predicted molar refractivity (Wildman–Crippen MR) is 55.1 cm³/mol. The van der Waals surface area contributed by atoms with Gasteiger partial charge in [-0.05, 0) is 12.1 Å². The van der Waals surface area contributed by atoms with Gasteiger partial charge in [0.1, 0.15) is 17.4 Å². The van der Waals surface area contributed by atoms with E-state index in [2.05, 4.69) is 11.3 Å². The van der Waals surface area contributed by atoms with E-state index in [4.69, 9.17) is 16.7 Å². The number of terminal acetylenes is 1. The monoisotopic (exact) mass is 186 g/mol. The van der Waals surface area contributed by atoms with E-state index < -0.39 is 0 Å². The summed E-state index contributed by atoms with van der Waals surface area (Å²) in [6, 6.07) is 9.23. The molecule has 0 aliphatic carbocycles. The first-order valence-corrected chi connectivity index (χ1v) is 4.26. The number of nitrogens with one attached hydrogen (secondary N) is 1. The van der Waals surface area contributed by atoms with Gasteiger partial charge >= 0.3 is 0 Å².